The van der Waals surface area contributed by atoms with Crippen molar-refractivity contribution in [2.45, 2.75) is 59.3 Å². The molecule has 0 amide bonds. The third kappa shape index (κ3) is 5.65. The van der Waals surface area contributed by atoms with Crippen LogP contribution in [0.2, 0.25) is 0 Å². The molecule has 0 fully saturated rings. The molecule has 0 bridgehead atoms. The molecule has 110 valence electrons. The Bertz CT molecular complexity index is 446. The van der Waals surface area contributed by atoms with E-state index in [0.29, 0.717) is 18.4 Å². The van der Waals surface area contributed by atoms with Gasteiger partial charge >= 0.3 is 0 Å². The van der Waals surface area contributed by atoms with Gasteiger partial charge in [0.05, 0.1) is 12.7 Å². The van der Waals surface area contributed by atoms with Gasteiger partial charge in [0.1, 0.15) is 5.75 Å². The van der Waals surface area contributed by atoms with Gasteiger partial charge in [0.15, 0.2) is 0 Å². The minimum Gasteiger partial charge on any atom is -0.494 e. The maximum atomic E-state index is 8.48. The summed E-state index contributed by atoms with van der Waals surface area (Å²) in [4.78, 5) is 0. The van der Waals surface area contributed by atoms with Crippen molar-refractivity contribution in [3.63, 3.8) is 0 Å². The molecule has 0 heterocycles. The Labute approximate surface area is 123 Å². The van der Waals surface area contributed by atoms with Crippen LogP contribution in [0, 0.1) is 16.7 Å². The molecule has 0 saturated carbocycles. The number of hydrogen-bond acceptors (Lipinski definition) is 2. The fraction of sp³-hybridized carbons (Fsp3) is 0.611. The fourth-order valence-electron chi connectivity index (χ4n) is 2.77. The lowest BCUT2D eigenvalue weighted by Crippen LogP contribution is -2.24. The predicted molar refractivity (Wildman–Crippen MR) is 83.9 cm³/mol. The van der Waals surface area contributed by atoms with Crippen LogP contribution >= 0.6 is 0 Å². The third-order valence-corrected chi connectivity index (χ3v) is 3.31. The van der Waals surface area contributed by atoms with Crippen LogP contribution in [0.15, 0.2) is 24.3 Å². The van der Waals surface area contributed by atoms with Gasteiger partial charge in [-0.15, -0.1) is 0 Å². The number of ether oxygens (including phenoxy) is 1. The molecule has 0 aromatic heterocycles. The second-order valence-corrected chi connectivity index (χ2v) is 7.26. The highest BCUT2D eigenvalue weighted by Gasteiger charge is 2.27. The van der Waals surface area contributed by atoms with Crippen molar-refractivity contribution in [1.82, 2.24) is 0 Å². The van der Waals surface area contributed by atoms with Crippen molar-refractivity contribution in [3.05, 3.63) is 29.8 Å². The van der Waals surface area contributed by atoms with E-state index in [1.54, 1.807) is 0 Å². The zero-order valence-electron chi connectivity index (χ0n) is 13.5. The minimum atomic E-state index is 0.164. The van der Waals surface area contributed by atoms with Gasteiger partial charge in [-0.05, 0) is 41.4 Å². The van der Waals surface area contributed by atoms with Gasteiger partial charge in [0.25, 0.3) is 0 Å². The standard InChI is InChI=1S/C18H27NO/c1-17(2,3)14-18(4,5)15-8-10-16(11-9-15)20-13-7-6-12-19/h8-11H,6-7,13-14H2,1-5H3. The summed E-state index contributed by atoms with van der Waals surface area (Å²) in [6.45, 7) is 12.0. The molecule has 0 spiro atoms. The van der Waals surface area contributed by atoms with Gasteiger partial charge in [-0.1, -0.05) is 46.8 Å². The van der Waals surface area contributed by atoms with Crippen LogP contribution in [0.5, 0.6) is 5.75 Å². The summed E-state index contributed by atoms with van der Waals surface area (Å²) >= 11 is 0. The Morgan fingerprint density at radius 2 is 1.65 bits per heavy atom. The SMILES string of the molecule is CC(C)(C)CC(C)(C)c1ccc(OCCCC#N)cc1. The summed E-state index contributed by atoms with van der Waals surface area (Å²) in [6.07, 6.45) is 2.48. The first-order valence-electron chi connectivity index (χ1n) is 7.35. The van der Waals surface area contributed by atoms with Crippen molar-refractivity contribution in [3.8, 4) is 11.8 Å². The highest BCUT2D eigenvalue weighted by atomic mass is 16.5. The average molecular weight is 273 g/mol. The summed E-state index contributed by atoms with van der Waals surface area (Å²) < 4.78 is 5.63. The first kappa shape index (κ1) is 16.6. The number of rotatable bonds is 6. The Morgan fingerprint density at radius 3 is 2.15 bits per heavy atom. The van der Waals surface area contributed by atoms with Crippen LogP contribution in [0.3, 0.4) is 0 Å². The van der Waals surface area contributed by atoms with E-state index in [0.717, 1.165) is 18.6 Å². The van der Waals surface area contributed by atoms with Gasteiger partial charge in [0, 0.05) is 6.42 Å². The lowest BCUT2D eigenvalue weighted by atomic mass is 9.72. The van der Waals surface area contributed by atoms with E-state index < -0.39 is 0 Å². The third-order valence-electron chi connectivity index (χ3n) is 3.31. The first-order valence-corrected chi connectivity index (χ1v) is 7.35. The Hall–Kier alpha value is -1.49. The smallest absolute Gasteiger partial charge is 0.119 e. The summed E-state index contributed by atoms with van der Waals surface area (Å²) in [6, 6.07) is 10.5. The molecular formula is C18H27NO. The van der Waals surface area contributed by atoms with Gasteiger partial charge in [-0.3, -0.25) is 0 Å². The number of hydrogen-bond donors (Lipinski definition) is 0. The van der Waals surface area contributed by atoms with Crippen LogP contribution in [0.25, 0.3) is 0 Å². The van der Waals surface area contributed by atoms with Crippen LogP contribution in [-0.4, -0.2) is 6.61 Å². The monoisotopic (exact) mass is 273 g/mol. The van der Waals surface area contributed by atoms with Gasteiger partial charge in [-0.2, -0.15) is 5.26 Å². The van der Waals surface area contributed by atoms with Gasteiger partial charge < -0.3 is 4.74 Å². The molecule has 0 unspecified atom stereocenters. The molecule has 1 rings (SSSR count). The number of nitrogens with zero attached hydrogens (tertiary/aromatic N) is 1. The summed E-state index contributed by atoms with van der Waals surface area (Å²) in [7, 11) is 0. The second kappa shape index (κ2) is 6.79. The summed E-state index contributed by atoms with van der Waals surface area (Å²) in [5.41, 5.74) is 1.82. The maximum Gasteiger partial charge on any atom is 0.119 e. The molecule has 0 aliphatic carbocycles. The van der Waals surface area contributed by atoms with Crippen LogP contribution in [0.4, 0.5) is 0 Å². The van der Waals surface area contributed by atoms with E-state index in [4.69, 9.17) is 10.00 Å². The normalized spacial score (nSPS) is 12.0. The Balaban J connectivity index is 2.64. The van der Waals surface area contributed by atoms with E-state index in [9.17, 15) is 0 Å². The molecule has 0 saturated heterocycles. The summed E-state index contributed by atoms with van der Waals surface area (Å²) in [5.74, 6) is 0.887. The molecule has 1 aromatic rings. The van der Waals surface area contributed by atoms with Crippen molar-refractivity contribution < 1.29 is 4.74 Å². The second-order valence-electron chi connectivity index (χ2n) is 7.26. The number of unbranched alkanes of at least 4 members (excludes halogenated alkanes) is 1. The highest BCUT2D eigenvalue weighted by molar-refractivity contribution is 5.31. The van der Waals surface area contributed by atoms with Crippen molar-refractivity contribution >= 4 is 0 Å². The topological polar surface area (TPSA) is 33.0 Å². The van der Waals surface area contributed by atoms with Crippen LogP contribution in [0.1, 0.15) is 59.4 Å². The first-order chi connectivity index (χ1) is 9.24. The van der Waals surface area contributed by atoms with E-state index in [-0.39, 0.29) is 5.41 Å². The van der Waals surface area contributed by atoms with Crippen molar-refractivity contribution in [2.24, 2.45) is 5.41 Å². The molecule has 1 aromatic carbocycles. The largest absolute Gasteiger partial charge is 0.494 e. The Kier molecular flexibility index (Phi) is 5.62. The zero-order chi connectivity index (χ0) is 15.2. The van der Waals surface area contributed by atoms with Gasteiger partial charge in [-0.25, -0.2) is 0 Å². The molecule has 0 radical (unpaired) electrons. The van der Waals surface area contributed by atoms with E-state index >= 15 is 0 Å². The van der Waals surface area contributed by atoms with Crippen molar-refractivity contribution in [1.29, 1.82) is 5.26 Å². The van der Waals surface area contributed by atoms with Gasteiger partial charge in [0.2, 0.25) is 0 Å². The molecule has 0 atom stereocenters. The average Bonchev–Trinajstić information content (AvgIpc) is 2.32. The van der Waals surface area contributed by atoms with Crippen LogP contribution in [-0.2, 0) is 5.41 Å². The Morgan fingerprint density at radius 1 is 1.05 bits per heavy atom. The fourth-order valence-corrected chi connectivity index (χ4v) is 2.77. The van der Waals surface area contributed by atoms with E-state index in [1.807, 2.05) is 12.1 Å². The van der Waals surface area contributed by atoms with Crippen molar-refractivity contribution in [2.75, 3.05) is 6.61 Å². The number of benzene rings is 1. The quantitative estimate of drug-likeness (QED) is 0.677. The molecule has 0 aliphatic rings. The lowest BCUT2D eigenvalue weighted by Gasteiger charge is -2.33. The number of nitriles is 1. The predicted octanol–water partition coefficient (Wildman–Crippen LogP) is 5.08. The molecule has 0 N–H and O–H groups in total. The summed E-state index contributed by atoms with van der Waals surface area (Å²) in [5, 5.41) is 8.48. The highest BCUT2D eigenvalue weighted by Crippen LogP contribution is 2.36. The molecule has 0 aliphatic heterocycles. The van der Waals surface area contributed by atoms with E-state index in [2.05, 4.69) is 52.8 Å². The molecular weight excluding hydrogens is 246 g/mol. The van der Waals surface area contributed by atoms with Crippen LogP contribution < -0.4 is 4.74 Å². The maximum absolute atomic E-state index is 8.48. The molecule has 20 heavy (non-hydrogen) atoms. The zero-order valence-corrected chi connectivity index (χ0v) is 13.5. The molecule has 2 nitrogen and oxygen atoms in total. The minimum absolute atomic E-state index is 0.164. The van der Waals surface area contributed by atoms with E-state index in [1.165, 1.54) is 5.56 Å². The molecule has 2 heteroatoms. The lowest BCUT2D eigenvalue weighted by molar-refractivity contribution is 0.283.